The van der Waals surface area contributed by atoms with Gasteiger partial charge >= 0.3 is 6.03 Å². The van der Waals surface area contributed by atoms with Gasteiger partial charge in [0.25, 0.3) is 5.91 Å². The molecular weight excluding hydrogens is 286 g/mol. The monoisotopic (exact) mass is 307 g/mol. The predicted octanol–water partition coefficient (Wildman–Crippen LogP) is 0.282. The zero-order valence-corrected chi connectivity index (χ0v) is 12.7. The van der Waals surface area contributed by atoms with Gasteiger partial charge in [-0.3, -0.25) is 9.69 Å². The number of carbonyl (C=O) groups is 2. The number of rotatable bonds is 6. The Bertz CT molecular complexity index is 556. The predicted molar refractivity (Wildman–Crippen MR) is 81.2 cm³/mol. The highest BCUT2D eigenvalue weighted by atomic mass is 16.3. The normalized spacial score (nSPS) is 18.3. The maximum absolute atomic E-state index is 12.1. The van der Waals surface area contributed by atoms with Gasteiger partial charge in [-0.1, -0.05) is 12.1 Å². The van der Waals surface area contributed by atoms with Crippen molar-refractivity contribution in [1.29, 1.82) is 0 Å². The van der Waals surface area contributed by atoms with Crippen LogP contribution < -0.4 is 10.6 Å². The molecule has 1 fully saturated rings. The fraction of sp³-hybridized carbons (Fsp3) is 0.467. The van der Waals surface area contributed by atoms with E-state index < -0.39 is 11.6 Å². The first kappa shape index (κ1) is 16.3. The van der Waals surface area contributed by atoms with Crippen LogP contribution in [0.4, 0.5) is 10.5 Å². The number of imide groups is 1. The number of hydrogen-bond donors (Lipinski definition) is 4. The summed E-state index contributed by atoms with van der Waals surface area (Å²) in [6.45, 7) is 3.51. The van der Waals surface area contributed by atoms with Crippen molar-refractivity contribution in [2.75, 3.05) is 18.5 Å². The summed E-state index contributed by atoms with van der Waals surface area (Å²) in [5.41, 5.74) is 0.752. The van der Waals surface area contributed by atoms with Gasteiger partial charge in [0.2, 0.25) is 0 Å². The first-order chi connectivity index (χ1) is 10.3. The summed E-state index contributed by atoms with van der Waals surface area (Å²) in [5.74, 6) is -0.245. The first-order valence-corrected chi connectivity index (χ1v) is 7.09. The molecule has 1 atom stereocenters. The van der Waals surface area contributed by atoms with Crippen molar-refractivity contribution < 1.29 is 19.8 Å². The summed E-state index contributed by atoms with van der Waals surface area (Å²) in [6, 6.07) is 6.81. The number of amides is 3. The summed E-state index contributed by atoms with van der Waals surface area (Å²) >= 11 is 0. The Labute approximate surface area is 128 Å². The zero-order valence-electron chi connectivity index (χ0n) is 12.7. The fourth-order valence-electron chi connectivity index (χ4n) is 2.17. The smallest absolute Gasteiger partial charge is 0.325 e. The number of aliphatic hydroxyl groups is 2. The number of carbonyl (C=O) groups excluding carboxylic acids is 2. The van der Waals surface area contributed by atoms with Gasteiger partial charge in [-0.05, 0) is 31.5 Å². The Balaban J connectivity index is 1.97. The molecule has 7 nitrogen and oxygen atoms in total. The van der Waals surface area contributed by atoms with Crippen molar-refractivity contribution in [3.05, 3.63) is 29.8 Å². The molecule has 120 valence electrons. The molecule has 0 spiro atoms. The average Bonchev–Trinajstić information content (AvgIpc) is 2.68. The SMILES string of the molecule is CC1(C)NC(=O)N(Cc2ccc(NCC(O)CO)cc2)C1=O. The molecule has 2 rings (SSSR count). The molecule has 1 saturated heterocycles. The molecule has 1 unspecified atom stereocenters. The third kappa shape index (κ3) is 3.55. The van der Waals surface area contributed by atoms with E-state index in [0.717, 1.165) is 11.3 Å². The van der Waals surface area contributed by atoms with E-state index in [0.29, 0.717) is 0 Å². The van der Waals surface area contributed by atoms with E-state index in [2.05, 4.69) is 10.6 Å². The van der Waals surface area contributed by atoms with E-state index in [9.17, 15) is 14.7 Å². The van der Waals surface area contributed by atoms with Crippen LogP contribution in [0.3, 0.4) is 0 Å². The fourth-order valence-corrected chi connectivity index (χ4v) is 2.17. The van der Waals surface area contributed by atoms with E-state index in [4.69, 9.17) is 5.11 Å². The van der Waals surface area contributed by atoms with Gasteiger partial charge in [0, 0.05) is 12.2 Å². The van der Waals surface area contributed by atoms with Crippen LogP contribution in [0.1, 0.15) is 19.4 Å². The molecule has 0 aliphatic carbocycles. The molecule has 7 heteroatoms. The summed E-state index contributed by atoms with van der Waals surface area (Å²) in [6.07, 6.45) is -0.812. The molecule has 1 heterocycles. The van der Waals surface area contributed by atoms with Gasteiger partial charge in [0.1, 0.15) is 5.54 Å². The van der Waals surface area contributed by atoms with Gasteiger partial charge < -0.3 is 20.8 Å². The molecule has 0 saturated carbocycles. The molecule has 1 aromatic carbocycles. The van der Waals surface area contributed by atoms with Crippen molar-refractivity contribution in [3.63, 3.8) is 0 Å². The minimum atomic E-state index is -0.862. The van der Waals surface area contributed by atoms with Crippen LogP contribution in [0.15, 0.2) is 24.3 Å². The highest BCUT2D eigenvalue weighted by molar-refractivity contribution is 6.06. The molecule has 22 heavy (non-hydrogen) atoms. The van der Waals surface area contributed by atoms with Crippen molar-refractivity contribution >= 4 is 17.6 Å². The maximum atomic E-state index is 12.1. The molecule has 1 aliphatic rings. The summed E-state index contributed by atoms with van der Waals surface area (Å²) < 4.78 is 0. The third-order valence-electron chi connectivity index (χ3n) is 3.49. The van der Waals surface area contributed by atoms with Crippen molar-refractivity contribution in [1.82, 2.24) is 10.2 Å². The average molecular weight is 307 g/mol. The van der Waals surface area contributed by atoms with Crippen molar-refractivity contribution in [2.45, 2.75) is 32.0 Å². The number of urea groups is 1. The van der Waals surface area contributed by atoms with Crippen molar-refractivity contribution in [3.8, 4) is 0 Å². The summed E-state index contributed by atoms with van der Waals surface area (Å²) in [4.78, 5) is 25.1. The lowest BCUT2D eigenvalue weighted by Crippen LogP contribution is -2.40. The topological polar surface area (TPSA) is 102 Å². The minimum absolute atomic E-state index is 0.216. The highest BCUT2D eigenvalue weighted by Gasteiger charge is 2.43. The Morgan fingerprint density at radius 3 is 2.41 bits per heavy atom. The lowest BCUT2D eigenvalue weighted by atomic mass is 10.1. The van der Waals surface area contributed by atoms with E-state index >= 15 is 0 Å². The Morgan fingerprint density at radius 2 is 1.91 bits per heavy atom. The Hall–Kier alpha value is -2.12. The first-order valence-electron chi connectivity index (χ1n) is 7.09. The van der Waals surface area contributed by atoms with Gasteiger partial charge in [-0.25, -0.2) is 4.79 Å². The molecule has 1 aromatic rings. The lowest BCUT2D eigenvalue weighted by Gasteiger charge is -2.16. The van der Waals surface area contributed by atoms with Gasteiger partial charge in [-0.15, -0.1) is 0 Å². The van der Waals surface area contributed by atoms with Crippen LogP contribution in [0, 0.1) is 0 Å². The molecule has 3 amide bonds. The summed E-state index contributed by atoms with van der Waals surface area (Å²) in [5, 5.41) is 23.6. The van der Waals surface area contributed by atoms with Crippen LogP contribution in [-0.2, 0) is 11.3 Å². The molecular formula is C15H21N3O4. The maximum Gasteiger partial charge on any atom is 0.325 e. The molecule has 1 aliphatic heterocycles. The number of nitrogens with one attached hydrogen (secondary N) is 2. The van der Waals surface area contributed by atoms with Crippen LogP contribution in [0.2, 0.25) is 0 Å². The molecule has 0 aromatic heterocycles. The number of nitrogens with zero attached hydrogens (tertiary/aromatic N) is 1. The summed E-state index contributed by atoms with van der Waals surface area (Å²) in [7, 11) is 0. The van der Waals surface area contributed by atoms with E-state index in [1.165, 1.54) is 4.90 Å². The van der Waals surface area contributed by atoms with E-state index in [1.807, 2.05) is 0 Å². The minimum Gasteiger partial charge on any atom is -0.394 e. The van der Waals surface area contributed by atoms with Crippen LogP contribution in [0.5, 0.6) is 0 Å². The molecule has 4 N–H and O–H groups in total. The lowest BCUT2D eigenvalue weighted by molar-refractivity contribution is -0.130. The van der Waals surface area contributed by atoms with Crippen LogP contribution in [0.25, 0.3) is 0 Å². The number of hydrogen-bond acceptors (Lipinski definition) is 5. The number of anilines is 1. The molecule has 0 bridgehead atoms. The third-order valence-corrected chi connectivity index (χ3v) is 3.49. The Morgan fingerprint density at radius 1 is 1.27 bits per heavy atom. The quantitative estimate of drug-likeness (QED) is 0.566. The second kappa shape index (κ2) is 6.33. The van der Waals surface area contributed by atoms with Crippen molar-refractivity contribution in [2.24, 2.45) is 0 Å². The second-order valence-electron chi connectivity index (χ2n) is 5.86. The standard InChI is InChI=1S/C15H21N3O4/c1-15(2)13(21)18(14(22)17-15)8-10-3-5-11(6-4-10)16-7-12(20)9-19/h3-6,12,16,19-20H,7-9H2,1-2H3,(H,17,22). The van der Waals surface area contributed by atoms with Gasteiger partial charge in [0.15, 0.2) is 0 Å². The van der Waals surface area contributed by atoms with Crippen LogP contribution in [-0.4, -0.2) is 51.8 Å². The van der Waals surface area contributed by atoms with E-state index in [1.54, 1.807) is 38.1 Å². The van der Waals surface area contributed by atoms with Gasteiger partial charge in [0.05, 0.1) is 19.3 Å². The molecule has 0 radical (unpaired) electrons. The highest BCUT2D eigenvalue weighted by Crippen LogP contribution is 2.20. The van der Waals surface area contributed by atoms with Crippen LogP contribution >= 0.6 is 0 Å². The Kier molecular flexibility index (Phi) is 4.68. The van der Waals surface area contributed by atoms with E-state index in [-0.39, 0.29) is 31.6 Å². The number of benzene rings is 1. The largest absolute Gasteiger partial charge is 0.394 e. The zero-order chi connectivity index (χ0) is 16.3. The number of aliphatic hydroxyl groups excluding tert-OH is 2. The second-order valence-corrected chi connectivity index (χ2v) is 5.86. The van der Waals surface area contributed by atoms with Gasteiger partial charge in [-0.2, -0.15) is 0 Å².